The molecule has 1 saturated heterocycles. The van der Waals surface area contributed by atoms with E-state index in [1.807, 2.05) is 0 Å². The minimum absolute atomic E-state index is 0.695. The Labute approximate surface area is 81.7 Å². The number of nitrogens with one attached hydrogen (secondary N) is 1. The molecule has 0 aromatic rings. The van der Waals surface area contributed by atoms with Crippen molar-refractivity contribution in [1.82, 2.24) is 10.2 Å². The molecule has 0 bridgehead atoms. The molecular formula is C10H23N3. The Morgan fingerprint density at radius 1 is 1.38 bits per heavy atom. The first kappa shape index (κ1) is 11.0. The molecule has 1 aliphatic heterocycles. The van der Waals surface area contributed by atoms with Crippen LogP contribution in [0, 0.1) is 0 Å². The van der Waals surface area contributed by atoms with Crippen LogP contribution in [0.3, 0.4) is 0 Å². The van der Waals surface area contributed by atoms with Crippen molar-refractivity contribution >= 4 is 0 Å². The topological polar surface area (TPSA) is 41.3 Å². The summed E-state index contributed by atoms with van der Waals surface area (Å²) in [6.07, 6.45) is 3.85. The zero-order valence-electron chi connectivity index (χ0n) is 8.76. The highest BCUT2D eigenvalue weighted by Gasteiger charge is 2.16. The Hall–Kier alpha value is -0.120. The summed E-state index contributed by atoms with van der Waals surface area (Å²) in [4.78, 5) is 2.56. The summed E-state index contributed by atoms with van der Waals surface area (Å²) in [5.74, 6) is 0. The zero-order valence-corrected chi connectivity index (χ0v) is 8.76. The van der Waals surface area contributed by atoms with Gasteiger partial charge in [-0.2, -0.15) is 0 Å². The molecule has 1 heterocycles. The maximum absolute atomic E-state index is 5.42. The lowest BCUT2D eigenvalue weighted by Crippen LogP contribution is -2.39. The summed E-state index contributed by atoms with van der Waals surface area (Å²) in [6, 6.07) is 0.695. The van der Waals surface area contributed by atoms with Crippen molar-refractivity contribution in [2.24, 2.45) is 5.73 Å². The van der Waals surface area contributed by atoms with Gasteiger partial charge < -0.3 is 11.1 Å². The summed E-state index contributed by atoms with van der Waals surface area (Å²) < 4.78 is 0. The highest BCUT2D eigenvalue weighted by atomic mass is 15.2. The van der Waals surface area contributed by atoms with E-state index < -0.39 is 0 Å². The van der Waals surface area contributed by atoms with Crippen molar-refractivity contribution in [2.45, 2.75) is 32.2 Å². The van der Waals surface area contributed by atoms with Gasteiger partial charge in [-0.3, -0.25) is 4.90 Å². The second-order valence-electron chi connectivity index (χ2n) is 3.94. The smallest absolute Gasteiger partial charge is 0.0192 e. The van der Waals surface area contributed by atoms with Gasteiger partial charge in [-0.1, -0.05) is 0 Å². The molecule has 1 fully saturated rings. The fourth-order valence-electron chi connectivity index (χ4n) is 1.85. The average Bonchev–Trinajstić information content (AvgIpc) is 2.65. The van der Waals surface area contributed by atoms with Gasteiger partial charge in [0.25, 0.3) is 0 Å². The summed E-state index contributed by atoms with van der Waals surface area (Å²) in [7, 11) is 0. The Morgan fingerprint density at radius 2 is 2.08 bits per heavy atom. The Morgan fingerprint density at radius 3 is 2.69 bits per heavy atom. The number of hydrogen-bond acceptors (Lipinski definition) is 3. The van der Waals surface area contributed by atoms with Crippen LogP contribution >= 0.6 is 0 Å². The maximum atomic E-state index is 5.42. The third-order valence-electron chi connectivity index (χ3n) is 2.76. The lowest BCUT2D eigenvalue weighted by molar-refractivity contribution is 0.252. The summed E-state index contributed by atoms with van der Waals surface area (Å²) in [5, 5.41) is 3.44. The normalized spacial score (nSPS) is 20.8. The minimum atomic E-state index is 0.695. The number of nitrogens with zero attached hydrogens (tertiary/aromatic N) is 1. The fraction of sp³-hybridized carbons (Fsp3) is 1.00. The highest BCUT2D eigenvalue weighted by molar-refractivity contribution is 4.74. The fourth-order valence-corrected chi connectivity index (χ4v) is 1.85. The van der Waals surface area contributed by atoms with E-state index in [1.165, 1.54) is 25.9 Å². The molecular weight excluding hydrogens is 162 g/mol. The summed E-state index contributed by atoms with van der Waals surface area (Å²) in [6.45, 7) is 7.86. The molecule has 0 unspecified atom stereocenters. The number of hydrogen-bond donors (Lipinski definition) is 2. The van der Waals surface area contributed by atoms with Gasteiger partial charge in [-0.05, 0) is 52.4 Å². The first-order valence-corrected chi connectivity index (χ1v) is 5.49. The van der Waals surface area contributed by atoms with E-state index in [0.29, 0.717) is 6.04 Å². The van der Waals surface area contributed by atoms with Crippen LogP contribution in [0.25, 0.3) is 0 Å². The van der Waals surface area contributed by atoms with Crippen LogP contribution in [0.15, 0.2) is 0 Å². The molecule has 0 saturated carbocycles. The van der Waals surface area contributed by atoms with E-state index in [0.717, 1.165) is 26.1 Å². The Kier molecular flexibility index (Phi) is 5.35. The number of nitrogens with two attached hydrogens (primary N) is 1. The van der Waals surface area contributed by atoms with Crippen LogP contribution < -0.4 is 11.1 Å². The molecule has 13 heavy (non-hydrogen) atoms. The predicted molar refractivity (Wildman–Crippen MR) is 56.8 cm³/mol. The molecule has 1 atom stereocenters. The van der Waals surface area contributed by atoms with E-state index >= 15 is 0 Å². The molecule has 3 N–H and O–H groups in total. The number of rotatable bonds is 6. The molecule has 1 aliphatic rings. The molecule has 0 radical (unpaired) electrons. The van der Waals surface area contributed by atoms with Crippen LogP contribution in [0.1, 0.15) is 26.2 Å². The zero-order chi connectivity index (χ0) is 9.52. The quantitative estimate of drug-likeness (QED) is 0.589. The van der Waals surface area contributed by atoms with E-state index in [-0.39, 0.29) is 0 Å². The molecule has 0 aliphatic carbocycles. The second-order valence-corrected chi connectivity index (χ2v) is 3.94. The monoisotopic (exact) mass is 185 g/mol. The van der Waals surface area contributed by atoms with E-state index in [9.17, 15) is 0 Å². The van der Waals surface area contributed by atoms with Gasteiger partial charge in [0.05, 0.1) is 0 Å². The standard InChI is InChI=1S/C10H23N3/c1-10(9-12-6-4-5-11)13-7-2-3-8-13/h10,12H,2-9,11H2,1H3/t10-/m1/s1. The molecule has 0 aromatic heterocycles. The van der Waals surface area contributed by atoms with Gasteiger partial charge in [-0.15, -0.1) is 0 Å². The Bertz CT molecular complexity index is 121. The molecule has 0 aromatic carbocycles. The van der Waals surface area contributed by atoms with E-state index in [1.54, 1.807) is 0 Å². The minimum Gasteiger partial charge on any atom is -0.330 e. The molecule has 3 heteroatoms. The largest absolute Gasteiger partial charge is 0.330 e. The highest BCUT2D eigenvalue weighted by Crippen LogP contribution is 2.10. The second kappa shape index (κ2) is 6.35. The van der Waals surface area contributed by atoms with Gasteiger partial charge in [0.15, 0.2) is 0 Å². The van der Waals surface area contributed by atoms with Gasteiger partial charge in [0.1, 0.15) is 0 Å². The molecule has 78 valence electrons. The maximum Gasteiger partial charge on any atom is 0.0192 e. The first-order valence-electron chi connectivity index (χ1n) is 5.49. The van der Waals surface area contributed by atoms with Crippen molar-refractivity contribution in [3.05, 3.63) is 0 Å². The molecule has 1 rings (SSSR count). The van der Waals surface area contributed by atoms with Crippen LogP contribution in [-0.2, 0) is 0 Å². The lowest BCUT2D eigenvalue weighted by Gasteiger charge is -2.23. The van der Waals surface area contributed by atoms with Gasteiger partial charge in [0.2, 0.25) is 0 Å². The SMILES string of the molecule is C[C@H](CNCCCN)N1CCCC1. The van der Waals surface area contributed by atoms with Gasteiger partial charge >= 0.3 is 0 Å². The van der Waals surface area contributed by atoms with Crippen molar-refractivity contribution in [1.29, 1.82) is 0 Å². The molecule has 3 nitrogen and oxygen atoms in total. The van der Waals surface area contributed by atoms with Crippen LogP contribution in [0.4, 0.5) is 0 Å². The van der Waals surface area contributed by atoms with Crippen LogP contribution in [0.2, 0.25) is 0 Å². The summed E-state index contributed by atoms with van der Waals surface area (Å²) >= 11 is 0. The first-order chi connectivity index (χ1) is 6.34. The van der Waals surface area contributed by atoms with E-state index in [2.05, 4.69) is 17.1 Å². The van der Waals surface area contributed by atoms with Crippen molar-refractivity contribution in [2.75, 3.05) is 32.7 Å². The van der Waals surface area contributed by atoms with Crippen LogP contribution in [0.5, 0.6) is 0 Å². The molecule has 0 spiro atoms. The van der Waals surface area contributed by atoms with Gasteiger partial charge in [-0.25, -0.2) is 0 Å². The third kappa shape index (κ3) is 4.07. The lowest BCUT2D eigenvalue weighted by atomic mass is 10.3. The van der Waals surface area contributed by atoms with Crippen molar-refractivity contribution in [3.63, 3.8) is 0 Å². The average molecular weight is 185 g/mol. The molecule has 0 amide bonds. The Balaban J connectivity index is 1.99. The van der Waals surface area contributed by atoms with Crippen molar-refractivity contribution < 1.29 is 0 Å². The van der Waals surface area contributed by atoms with Crippen LogP contribution in [-0.4, -0.2) is 43.7 Å². The summed E-state index contributed by atoms with van der Waals surface area (Å²) in [5.41, 5.74) is 5.42. The van der Waals surface area contributed by atoms with E-state index in [4.69, 9.17) is 5.73 Å². The van der Waals surface area contributed by atoms with Gasteiger partial charge in [0, 0.05) is 12.6 Å². The van der Waals surface area contributed by atoms with Crippen molar-refractivity contribution in [3.8, 4) is 0 Å². The third-order valence-corrected chi connectivity index (χ3v) is 2.76. The number of likely N-dealkylation sites (tertiary alicyclic amines) is 1. The predicted octanol–water partition coefficient (Wildman–Crippen LogP) is 0.409.